The molecule has 0 aromatic carbocycles. The highest BCUT2D eigenvalue weighted by Crippen LogP contribution is 2.36. The summed E-state index contributed by atoms with van der Waals surface area (Å²) in [6.45, 7) is 6.38. The fraction of sp³-hybridized carbons (Fsp3) is 0.500. The third-order valence-corrected chi connectivity index (χ3v) is 6.97. The van der Waals surface area contributed by atoms with E-state index in [1.165, 1.54) is 4.90 Å². The number of thiocarbonyl (C=S) groups is 1. The van der Waals surface area contributed by atoms with Gasteiger partial charge >= 0.3 is 5.97 Å². The van der Waals surface area contributed by atoms with Gasteiger partial charge < -0.3 is 14.7 Å². The lowest BCUT2D eigenvalue weighted by atomic mass is 10.0. The van der Waals surface area contributed by atoms with E-state index in [9.17, 15) is 19.6 Å². The number of pyridine rings is 1. The number of morpholine rings is 1. The molecule has 0 radical (unpaired) electrons. The summed E-state index contributed by atoms with van der Waals surface area (Å²) in [5.74, 6) is -0.715. The number of carboxylic acids is 1. The van der Waals surface area contributed by atoms with Crippen LogP contribution in [0.1, 0.15) is 42.9 Å². The zero-order chi connectivity index (χ0) is 24.1. The molecular formula is C22H26N4O5S2. The largest absolute Gasteiger partial charge is 0.481 e. The van der Waals surface area contributed by atoms with Crippen LogP contribution >= 0.6 is 24.0 Å². The van der Waals surface area contributed by atoms with Gasteiger partial charge in [-0.1, -0.05) is 37.3 Å². The van der Waals surface area contributed by atoms with Crippen molar-refractivity contribution in [3.8, 4) is 6.07 Å². The normalized spacial score (nSPS) is 17.7. The maximum absolute atomic E-state index is 13.2. The number of hydrogen-bond donors (Lipinski definition) is 1. The number of anilines is 1. The van der Waals surface area contributed by atoms with Crippen LogP contribution in [0.25, 0.3) is 6.08 Å². The standard InChI is InChI=1S/C22H26N4O5S2/c1-3-4-6-25-19(24-8-10-31-11-9-24)15(14(2)16(13-23)20(25)29)12-17-21(30)26(22(32)33-17)7-5-18(27)28/h12H,3-11H2,1-2H3,(H,27,28). The molecule has 3 heterocycles. The Bertz CT molecular complexity index is 1100. The fourth-order valence-corrected chi connectivity index (χ4v) is 5.11. The number of hydrogen-bond acceptors (Lipinski definition) is 8. The van der Waals surface area contributed by atoms with E-state index >= 15 is 0 Å². The summed E-state index contributed by atoms with van der Waals surface area (Å²) in [5.41, 5.74) is 0.849. The summed E-state index contributed by atoms with van der Waals surface area (Å²) in [4.78, 5) is 40.8. The Morgan fingerprint density at radius 2 is 2.00 bits per heavy atom. The molecule has 0 atom stereocenters. The van der Waals surface area contributed by atoms with Crippen molar-refractivity contribution >= 4 is 52.1 Å². The third-order valence-electron chi connectivity index (χ3n) is 5.59. The van der Waals surface area contributed by atoms with E-state index in [0.717, 1.165) is 24.6 Å². The van der Waals surface area contributed by atoms with E-state index < -0.39 is 5.97 Å². The van der Waals surface area contributed by atoms with Crippen LogP contribution in [0.15, 0.2) is 9.70 Å². The zero-order valence-corrected chi connectivity index (χ0v) is 20.3. The van der Waals surface area contributed by atoms with Gasteiger partial charge in [-0.05, 0) is 25.0 Å². The van der Waals surface area contributed by atoms with Crippen LogP contribution in [0.2, 0.25) is 0 Å². The van der Waals surface area contributed by atoms with Gasteiger partial charge in [-0.2, -0.15) is 5.26 Å². The minimum atomic E-state index is -1.01. The van der Waals surface area contributed by atoms with Gasteiger partial charge in [0.1, 0.15) is 21.8 Å². The van der Waals surface area contributed by atoms with Gasteiger partial charge in [0, 0.05) is 31.7 Å². The van der Waals surface area contributed by atoms with Crippen molar-refractivity contribution in [1.29, 1.82) is 5.26 Å². The lowest BCUT2D eigenvalue weighted by Crippen LogP contribution is -2.41. The molecule has 1 amide bonds. The van der Waals surface area contributed by atoms with Gasteiger partial charge in [-0.3, -0.25) is 23.9 Å². The number of aromatic nitrogens is 1. The number of rotatable bonds is 8. The minimum Gasteiger partial charge on any atom is -0.481 e. The molecule has 2 aliphatic rings. The van der Waals surface area contributed by atoms with Crippen molar-refractivity contribution < 1.29 is 19.4 Å². The second-order valence-corrected chi connectivity index (χ2v) is 9.41. The molecule has 0 aliphatic carbocycles. The van der Waals surface area contributed by atoms with Crippen molar-refractivity contribution in [3.05, 3.63) is 31.9 Å². The molecule has 0 saturated carbocycles. The first-order valence-corrected chi connectivity index (χ1v) is 12.0. The molecule has 2 aliphatic heterocycles. The van der Waals surface area contributed by atoms with Crippen LogP contribution in [0, 0.1) is 18.3 Å². The van der Waals surface area contributed by atoms with Gasteiger partial charge in [0.05, 0.1) is 24.5 Å². The molecule has 11 heteroatoms. The maximum atomic E-state index is 13.2. The molecule has 3 rings (SSSR count). The molecule has 0 spiro atoms. The van der Waals surface area contributed by atoms with E-state index in [0.29, 0.717) is 54.7 Å². The highest BCUT2D eigenvalue weighted by molar-refractivity contribution is 8.26. The van der Waals surface area contributed by atoms with Crippen molar-refractivity contribution in [3.63, 3.8) is 0 Å². The highest BCUT2D eigenvalue weighted by Gasteiger charge is 2.33. The second kappa shape index (κ2) is 11.0. The number of amides is 1. The van der Waals surface area contributed by atoms with Crippen LogP contribution < -0.4 is 10.5 Å². The van der Waals surface area contributed by atoms with Crippen molar-refractivity contribution in [2.75, 3.05) is 37.7 Å². The average Bonchev–Trinajstić information content (AvgIpc) is 3.06. The van der Waals surface area contributed by atoms with E-state index in [4.69, 9.17) is 22.1 Å². The number of thioether (sulfide) groups is 1. The maximum Gasteiger partial charge on any atom is 0.305 e. The molecular weight excluding hydrogens is 464 g/mol. The van der Waals surface area contributed by atoms with E-state index in [2.05, 4.69) is 4.90 Å². The number of carbonyl (C=O) groups is 2. The Kier molecular flexibility index (Phi) is 8.29. The minimum absolute atomic E-state index is 0.00785. The monoisotopic (exact) mass is 490 g/mol. The summed E-state index contributed by atoms with van der Waals surface area (Å²) in [5, 5.41) is 18.7. The van der Waals surface area contributed by atoms with Gasteiger partial charge in [-0.25, -0.2) is 0 Å². The summed E-state index contributed by atoms with van der Waals surface area (Å²) >= 11 is 6.40. The second-order valence-electron chi connectivity index (χ2n) is 7.74. The fourth-order valence-electron chi connectivity index (χ4n) is 3.81. The summed E-state index contributed by atoms with van der Waals surface area (Å²) in [7, 11) is 0. The Hall–Kier alpha value is -2.68. The Balaban J connectivity index is 2.16. The predicted octanol–water partition coefficient (Wildman–Crippen LogP) is 2.34. The predicted molar refractivity (Wildman–Crippen MR) is 130 cm³/mol. The number of carbonyl (C=O) groups excluding carboxylic acids is 1. The average molecular weight is 491 g/mol. The van der Waals surface area contributed by atoms with Crippen LogP contribution in [-0.2, 0) is 20.9 Å². The van der Waals surface area contributed by atoms with Gasteiger partial charge in [0.25, 0.3) is 11.5 Å². The zero-order valence-electron chi connectivity index (χ0n) is 18.6. The molecule has 33 heavy (non-hydrogen) atoms. The number of aliphatic carboxylic acids is 1. The number of carboxylic acid groups (broad SMARTS) is 1. The first-order chi connectivity index (χ1) is 15.8. The first-order valence-electron chi connectivity index (χ1n) is 10.8. The van der Waals surface area contributed by atoms with Crippen LogP contribution in [0.5, 0.6) is 0 Å². The van der Waals surface area contributed by atoms with Crippen LogP contribution in [0.4, 0.5) is 5.82 Å². The van der Waals surface area contributed by atoms with Crippen molar-refractivity contribution in [2.24, 2.45) is 0 Å². The molecule has 9 nitrogen and oxygen atoms in total. The van der Waals surface area contributed by atoms with E-state index in [1.54, 1.807) is 17.6 Å². The Morgan fingerprint density at radius 1 is 1.30 bits per heavy atom. The number of unbranched alkanes of at least 4 members (excludes halogenated alkanes) is 1. The van der Waals surface area contributed by atoms with Crippen LogP contribution in [-0.4, -0.2) is 63.6 Å². The molecule has 1 aromatic heterocycles. The number of ether oxygens (including phenoxy) is 1. The van der Waals surface area contributed by atoms with E-state index in [1.807, 2.05) is 13.0 Å². The Morgan fingerprint density at radius 3 is 2.61 bits per heavy atom. The van der Waals surface area contributed by atoms with Gasteiger partial charge in [0.2, 0.25) is 0 Å². The molecule has 0 unspecified atom stereocenters. The lowest BCUT2D eigenvalue weighted by molar-refractivity contribution is -0.137. The SMILES string of the molecule is CCCCn1c(N2CCOCC2)c(C=C2SC(=S)N(CCC(=O)O)C2=O)c(C)c(C#N)c1=O. The van der Waals surface area contributed by atoms with Gasteiger partial charge in [-0.15, -0.1) is 0 Å². The van der Waals surface area contributed by atoms with Crippen molar-refractivity contribution in [1.82, 2.24) is 9.47 Å². The summed E-state index contributed by atoms with van der Waals surface area (Å²) in [6.07, 6.45) is 3.12. The molecule has 176 valence electrons. The summed E-state index contributed by atoms with van der Waals surface area (Å²) < 4.78 is 7.41. The Labute approximate surface area is 201 Å². The molecule has 1 aromatic rings. The molecule has 2 saturated heterocycles. The molecule has 2 fully saturated rings. The molecule has 1 N–H and O–H groups in total. The number of nitrogens with zero attached hydrogens (tertiary/aromatic N) is 4. The van der Waals surface area contributed by atoms with Crippen molar-refractivity contribution in [2.45, 2.75) is 39.7 Å². The molecule has 0 bridgehead atoms. The van der Waals surface area contributed by atoms with Crippen LogP contribution in [0.3, 0.4) is 0 Å². The highest BCUT2D eigenvalue weighted by atomic mass is 32.2. The van der Waals surface area contributed by atoms with Gasteiger partial charge in [0.15, 0.2) is 0 Å². The smallest absolute Gasteiger partial charge is 0.305 e. The van der Waals surface area contributed by atoms with E-state index in [-0.39, 0.29) is 34.3 Å². The lowest BCUT2D eigenvalue weighted by Gasteiger charge is -2.33. The number of nitriles is 1. The third kappa shape index (κ3) is 5.29. The first kappa shape index (κ1) is 25.0. The summed E-state index contributed by atoms with van der Waals surface area (Å²) in [6, 6.07) is 2.04. The topological polar surface area (TPSA) is 116 Å². The quantitative estimate of drug-likeness (QED) is 0.433.